The summed E-state index contributed by atoms with van der Waals surface area (Å²) in [5, 5.41) is 14.7. The van der Waals surface area contributed by atoms with Crippen molar-refractivity contribution in [1.82, 2.24) is 15.3 Å². The molecule has 0 aliphatic rings. The molecule has 1 aromatic heterocycles. The molecule has 6 heteroatoms. The van der Waals surface area contributed by atoms with Gasteiger partial charge in [-0.05, 0) is 30.5 Å². The molecule has 0 saturated carbocycles. The maximum absolute atomic E-state index is 12.2. The Hall–Kier alpha value is -3.20. The van der Waals surface area contributed by atoms with Crippen LogP contribution in [0.25, 0.3) is 0 Å². The number of aryl methyl sites for hydroxylation is 1. The second-order valence-corrected chi connectivity index (χ2v) is 5.18. The Kier molecular flexibility index (Phi) is 6.03. The van der Waals surface area contributed by atoms with Crippen molar-refractivity contribution in [2.24, 2.45) is 0 Å². The second-order valence-electron chi connectivity index (χ2n) is 5.18. The molecule has 0 radical (unpaired) electrons. The first-order chi connectivity index (χ1) is 11.6. The number of aromatic nitrogens is 2. The van der Waals surface area contributed by atoms with E-state index in [1.165, 1.54) is 11.8 Å². The minimum absolute atomic E-state index is 0.0421. The van der Waals surface area contributed by atoms with Crippen LogP contribution in [-0.4, -0.2) is 15.9 Å². The molecule has 1 unspecified atom stereocenters. The van der Waals surface area contributed by atoms with E-state index >= 15 is 0 Å². The molecule has 2 aromatic rings. The standard InChI is InChI=1S/C18H19N5O/c1-3-14-5-7-15(8-6-14)13(2)23-17(24)16(11-19)12-22-18-20-9-4-10-21-18/h4-10,12-13H,3H2,1-2H3,(H,23,24)(H,20,21,22)/b16-12-. The highest BCUT2D eigenvalue weighted by molar-refractivity contribution is 5.97. The van der Waals surface area contributed by atoms with E-state index in [4.69, 9.17) is 5.26 Å². The van der Waals surface area contributed by atoms with Crippen LogP contribution in [0.5, 0.6) is 0 Å². The number of nitrogens with one attached hydrogen (secondary N) is 2. The highest BCUT2D eigenvalue weighted by Crippen LogP contribution is 2.14. The van der Waals surface area contributed by atoms with Crippen molar-refractivity contribution in [3.8, 4) is 6.07 Å². The molecular weight excluding hydrogens is 302 g/mol. The molecule has 0 saturated heterocycles. The van der Waals surface area contributed by atoms with Gasteiger partial charge in [-0.15, -0.1) is 0 Å². The summed E-state index contributed by atoms with van der Waals surface area (Å²) in [6, 6.07) is 11.4. The molecule has 1 atom stereocenters. The van der Waals surface area contributed by atoms with Gasteiger partial charge in [0.15, 0.2) is 0 Å². The molecule has 2 N–H and O–H groups in total. The van der Waals surface area contributed by atoms with Crippen LogP contribution in [-0.2, 0) is 11.2 Å². The lowest BCUT2D eigenvalue weighted by Gasteiger charge is -2.14. The molecular formula is C18H19N5O. The zero-order valence-electron chi connectivity index (χ0n) is 13.7. The summed E-state index contributed by atoms with van der Waals surface area (Å²) in [7, 11) is 0. The fourth-order valence-corrected chi connectivity index (χ4v) is 2.06. The van der Waals surface area contributed by atoms with Crippen molar-refractivity contribution in [3.63, 3.8) is 0 Å². The lowest BCUT2D eigenvalue weighted by Crippen LogP contribution is -2.28. The summed E-state index contributed by atoms with van der Waals surface area (Å²) < 4.78 is 0. The molecule has 6 nitrogen and oxygen atoms in total. The van der Waals surface area contributed by atoms with Crippen molar-refractivity contribution in [2.45, 2.75) is 26.3 Å². The number of anilines is 1. The van der Waals surface area contributed by atoms with Gasteiger partial charge >= 0.3 is 0 Å². The molecule has 0 aliphatic heterocycles. The van der Waals surface area contributed by atoms with Gasteiger partial charge < -0.3 is 10.6 Å². The second kappa shape index (κ2) is 8.44. The van der Waals surface area contributed by atoms with Crippen LogP contribution < -0.4 is 10.6 Å². The molecule has 0 fully saturated rings. The minimum atomic E-state index is -0.451. The zero-order valence-corrected chi connectivity index (χ0v) is 13.7. The summed E-state index contributed by atoms with van der Waals surface area (Å²) in [6.45, 7) is 3.97. The predicted molar refractivity (Wildman–Crippen MR) is 91.7 cm³/mol. The van der Waals surface area contributed by atoms with Crippen LogP contribution in [0, 0.1) is 11.3 Å². The van der Waals surface area contributed by atoms with Crippen molar-refractivity contribution in [3.05, 3.63) is 65.6 Å². The van der Waals surface area contributed by atoms with Gasteiger partial charge in [-0.2, -0.15) is 5.26 Å². The van der Waals surface area contributed by atoms with Crippen molar-refractivity contribution in [1.29, 1.82) is 5.26 Å². The van der Waals surface area contributed by atoms with Gasteiger partial charge in [-0.3, -0.25) is 4.79 Å². The van der Waals surface area contributed by atoms with Crippen molar-refractivity contribution >= 4 is 11.9 Å². The van der Waals surface area contributed by atoms with Gasteiger partial charge in [0, 0.05) is 18.6 Å². The average molecular weight is 321 g/mol. The van der Waals surface area contributed by atoms with Gasteiger partial charge in [-0.25, -0.2) is 9.97 Å². The summed E-state index contributed by atoms with van der Waals surface area (Å²) >= 11 is 0. The maximum atomic E-state index is 12.2. The molecule has 0 bridgehead atoms. The van der Waals surface area contributed by atoms with Crippen LogP contribution in [0.15, 0.2) is 54.5 Å². The fraction of sp³-hybridized carbons (Fsp3) is 0.222. The van der Waals surface area contributed by atoms with Gasteiger partial charge in [-0.1, -0.05) is 31.2 Å². The summed E-state index contributed by atoms with van der Waals surface area (Å²) in [6.07, 6.45) is 5.40. The van der Waals surface area contributed by atoms with Crippen LogP contribution >= 0.6 is 0 Å². The average Bonchev–Trinajstić information content (AvgIpc) is 2.63. The Morgan fingerprint density at radius 2 is 1.96 bits per heavy atom. The Bertz CT molecular complexity index is 747. The monoisotopic (exact) mass is 321 g/mol. The van der Waals surface area contributed by atoms with Crippen molar-refractivity contribution in [2.75, 3.05) is 5.32 Å². The lowest BCUT2D eigenvalue weighted by atomic mass is 10.0. The van der Waals surface area contributed by atoms with Crippen molar-refractivity contribution < 1.29 is 4.79 Å². The van der Waals surface area contributed by atoms with E-state index in [1.807, 2.05) is 37.3 Å². The van der Waals surface area contributed by atoms with E-state index in [0.29, 0.717) is 5.95 Å². The maximum Gasteiger partial charge on any atom is 0.263 e. The molecule has 1 amide bonds. The lowest BCUT2D eigenvalue weighted by molar-refractivity contribution is -0.117. The fourth-order valence-electron chi connectivity index (χ4n) is 2.06. The van der Waals surface area contributed by atoms with Gasteiger partial charge in [0.25, 0.3) is 5.91 Å². The number of carbonyl (C=O) groups is 1. The van der Waals surface area contributed by atoms with E-state index < -0.39 is 5.91 Å². The molecule has 0 spiro atoms. The number of hydrogen-bond acceptors (Lipinski definition) is 5. The number of benzene rings is 1. The smallest absolute Gasteiger partial charge is 0.263 e. The third-order valence-corrected chi connectivity index (χ3v) is 3.51. The quantitative estimate of drug-likeness (QED) is 0.630. The number of nitrogens with zero attached hydrogens (tertiary/aromatic N) is 3. The topological polar surface area (TPSA) is 90.7 Å². The number of hydrogen-bond donors (Lipinski definition) is 2. The SMILES string of the molecule is CCc1ccc(C(C)NC(=O)/C(C#N)=C\Nc2ncccn2)cc1. The first kappa shape index (κ1) is 17.2. The number of rotatable bonds is 6. The molecule has 24 heavy (non-hydrogen) atoms. The Morgan fingerprint density at radius 3 is 2.54 bits per heavy atom. The molecule has 1 heterocycles. The largest absolute Gasteiger partial charge is 0.345 e. The number of carbonyl (C=O) groups excluding carboxylic acids is 1. The molecule has 1 aromatic carbocycles. The van der Waals surface area contributed by atoms with E-state index in [1.54, 1.807) is 18.5 Å². The van der Waals surface area contributed by atoms with Crippen LogP contribution in [0.2, 0.25) is 0 Å². The van der Waals surface area contributed by atoms with Crippen LogP contribution in [0.3, 0.4) is 0 Å². The van der Waals surface area contributed by atoms with E-state index in [2.05, 4.69) is 27.5 Å². The first-order valence-electron chi connectivity index (χ1n) is 7.67. The number of amides is 1. The Morgan fingerprint density at radius 1 is 1.29 bits per heavy atom. The van der Waals surface area contributed by atoms with Gasteiger partial charge in [0.1, 0.15) is 11.6 Å². The minimum Gasteiger partial charge on any atom is -0.345 e. The first-order valence-corrected chi connectivity index (χ1v) is 7.67. The molecule has 0 aliphatic carbocycles. The normalized spacial score (nSPS) is 12.1. The van der Waals surface area contributed by atoms with Gasteiger partial charge in [0.05, 0.1) is 6.04 Å². The Labute approximate surface area is 141 Å². The van der Waals surface area contributed by atoms with Gasteiger partial charge in [0.2, 0.25) is 5.95 Å². The summed E-state index contributed by atoms with van der Waals surface area (Å²) in [5.74, 6) is -0.130. The highest BCUT2D eigenvalue weighted by atomic mass is 16.1. The number of nitriles is 1. The van der Waals surface area contributed by atoms with E-state index in [-0.39, 0.29) is 11.6 Å². The van der Waals surface area contributed by atoms with Crippen LogP contribution in [0.1, 0.15) is 31.0 Å². The molecule has 122 valence electrons. The van der Waals surface area contributed by atoms with Crippen LogP contribution in [0.4, 0.5) is 5.95 Å². The predicted octanol–water partition coefficient (Wildman–Crippen LogP) is 2.74. The third-order valence-electron chi connectivity index (χ3n) is 3.51. The zero-order chi connectivity index (χ0) is 17.4. The third kappa shape index (κ3) is 4.65. The van der Waals surface area contributed by atoms with E-state index in [9.17, 15) is 4.79 Å². The molecule has 2 rings (SSSR count). The highest BCUT2D eigenvalue weighted by Gasteiger charge is 2.13. The summed E-state index contributed by atoms with van der Waals surface area (Å²) in [4.78, 5) is 20.1. The van der Waals surface area contributed by atoms with E-state index in [0.717, 1.165) is 12.0 Å². The Balaban J connectivity index is 2.01. The summed E-state index contributed by atoms with van der Waals surface area (Å²) in [5.41, 5.74) is 2.18.